The minimum atomic E-state index is -1.57. The first-order valence-corrected chi connectivity index (χ1v) is 8.56. The summed E-state index contributed by atoms with van der Waals surface area (Å²) in [5.74, 6) is 1.19. The molecule has 0 bridgehead atoms. The number of hydrogen-bond donors (Lipinski definition) is 0. The Labute approximate surface area is 167 Å². The number of halogens is 6. The molecule has 2 rings (SSSR count). The zero-order chi connectivity index (χ0) is 13.8. The first-order valence-electron chi connectivity index (χ1n) is 5.04. The van der Waals surface area contributed by atoms with E-state index in [9.17, 15) is 0 Å². The van der Waals surface area contributed by atoms with E-state index < -0.39 is 24.1 Å². The van der Waals surface area contributed by atoms with Crippen LogP contribution in [0.5, 0.6) is 11.5 Å². The maximum Gasteiger partial charge on any atom is -1.00 e. The van der Waals surface area contributed by atoms with Gasteiger partial charge in [0.05, 0.1) is 0 Å². The molecule has 0 saturated heterocycles. The first kappa shape index (κ1) is 21.7. The van der Waals surface area contributed by atoms with E-state index in [2.05, 4.69) is 0 Å². The molecule has 21 heavy (non-hydrogen) atoms. The van der Waals surface area contributed by atoms with Gasteiger partial charge in [0.15, 0.2) is 0 Å². The van der Waals surface area contributed by atoms with Crippen LogP contribution in [0.25, 0.3) is 0 Å². The fourth-order valence-corrected chi connectivity index (χ4v) is 3.46. The summed E-state index contributed by atoms with van der Waals surface area (Å²) in [6.07, 6.45) is 0. The van der Waals surface area contributed by atoms with Crippen molar-refractivity contribution in [1.82, 2.24) is 0 Å². The summed E-state index contributed by atoms with van der Waals surface area (Å²) >= 11 is 21.9. The van der Waals surface area contributed by atoms with Crippen molar-refractivity contribution in [1.29, 1.82) is 0 Å². The molecule has 0 saturated carbocycles. The molecule has 112 valence electrons. The Morgan fingerprint density at radius 2 is 0.857 bits per heavy atom. The molecule has 0 aromatic heterocycles. The molecular weight excluding hydrogens is 480 g/mol. The molecule has 0 unspecified atom stereocenters. The van der Waals surface area contributed by atoms with Gasteiger partial charge < -0.3 is 24.8 Å². The Balaban J connectivity index is 0.00000200. The van der Waals surface area contributed by atoms with Crippen LogP contribution in [0.2, 0.25) is 20.1 Å². The second-order valence-corrected chi connectivity index (χ2v) is 6.66. The monoisotopic (exact) mass is 482 g/mol. The summed E-state index contributed by atoms with van der Waals surface area (Å²) in [5.41, 5.74) is 0. The van der Waals surface area contributed by atoms with Gasteiger partial charge in [0.2, 0.25) is 0 Å². The maximum atomic E-state index is 5.87. The minimum Gasteiger partial charge on any atom is -1.00 e. The van der Waals surface area contributed by atoms with Crippen LogP contribution >= 0.6 is 46.4 Å². The van der Waals surface area contributed by atoms with Gasteiger partial charge in [-0.2, -0.15) is 0 Å². The van der Waals surface area contributed by atoms with E-state index >= 15 is 0 Å². The second kappa shape index (κ2) is 10.4. The van der Waals surface area contributed by atoms with E-state index in [1.807, 2.05) is 0 Å². The van der Waals surface area contributed by atoms with Gasteiger partial charge in [-0.05, 0) is 0 Å². The fraction of sp³-hybridized carbons (Fsp3) is 0. The van der Waals surface area contributed by atoms with Crippen LogP contribution in [0, 0.1) is 0 Å². The van der Waals surface area contributed by atoms with Crippen molar-refractivity contribution in [3.8, 4) is 11.5 Å². The molecule has 9 heteroatoms. The molecule has 0 aliphatic heterocycles. The predicted octanol–water partition coefficient (Wildman–Crippen LogP) is -0.321. The fourth-order valence-electron chi connectivity index (χ4n) is 1.29. The molecule has 0 heterocycles. The zero-order valence-electron chi connectivity index (χ0n) is 10.0. The van der Waals surface area contributed by atoms with Gasteiger partial charge in [-0.3, -0.25) is 0 Å². The van der Waals surface area contributed by atoms with E-state index in [1.54, 1.807) is 36.4 Å². The third-order valence-corrected chi connectivity index (χ3v) is 4.43. The Morgan fingerprint density at radius 1 is 0.571 bits per heavy atom. The Hall–Kier alpha value is 0.663. The normalized spacial score (nSPS) is 8.95. The smallest absolute Gasteiger partial charge is 1.00 e. The van der Waals surface area contributed by atoms with Gasteiger partial charge in [0.1, 0.15) is 0 Å². The molecule has 0 radical (unpaired) electrons. The molecule has 0 atom stereocenters. The maximum absolute atomic E-state index is 5.87. The molecule has 2 aromatic carbocycles. The van der Waals surface area contributed by atoms with Crippen LogP contribution in [-0.2, 0) is 24.1 Å². The van der Waals surface area contributed by atoms with Crippen LogP contribution in [0.3, 0.4) is 0 Å². The summed E-state index contributed by atoms with van der Waals surface area (Å²) < 4.78 is 11.1. The SMILES string of the molecule is Clc1cc(Cl)cc([O][Zr+2][O]c2cc(Cl)cc(Cl)c2)c1.[Cl-].[Cl-]. The number of rotatable bonds is 4. The summed E-state index contributed by atoms with van der Waals surface area (Å²) in [6, 6.07) is 10.0. The topological polar surface area (TPSA) is 18.5 Å². The van der Waals surface area contributed by atoms with Gasteiger partial charge in [-0.25, -0.2) is 0 Å². The third-order valence-electron chi connectivity index (χ3n) is 1.99. The van der Waals surface area contributed by atoms with Crippen LogP contribution in [0.4, 0.5) is 0 Å². The van der Waals surface area contributed by atoms with Crippen molar-refractivity contribution >= 4 is 46.4 Å². The Morgan fingerprint density at radius 3 is 1.14 bits per heavy atom. The van der Waals surface area contributed by atoms with Gasteiger partial charge >= 0.3 is 144 Å². The average molecular weight is 486 g/mol. The van der Waals surface area contributed by atoms with Crippen molar-refractivity contribution in [2.24, 2.45) is 0 Å². The van der Waals surface area contributed by atoms with E-state index in [4.69, 9.17) is 52.0 Å². The molecule has 0 aliphatic carbocycles. The summed E-state index contributed by atoms with van der Waals surface area (Å²) in [6.45, 7) is 0. The van der Waals surface area contributed by atoms with E-state index in [0.29, 0.717) is 31.6 Å². The quantitative estimate of drug-likeness (QED) is 0.591. The molecule has 2 aromatic rings. The van der Waals surface area contributed by atoms with Crippen LogP contribution < -0.4 is 30.4 Å². The Kier molecular flexibility index (Phi) is 10.8. The largest absolute Gasteiger partial charge is 1.00 e. The number of hydrogen-bond acceptors (Lipinski definition) is 2. The number of benzene rings is 2. The van der Waals surface area contributed by atoms with E-state index in [0.717, 1.165) is 0 Å². The van der Waals surface area contributed by atoms with Crippen LogP contribution in [-0.4, -0.2) is 0 Å². The second-order valence-electron chi connectivity index (χ2n) is 3.50. The van der Waals surface area contributed by atoms with Crippen molar-refractivity contribution in [2.45, 2.75) is 0 Å². The van der Waals surface area contributed by atoms with E-state index in [1.165, 1.54) is 0 Å². The predicted molar refractivity (Wildman–Crippen MR) is 74.2 cm³/mol. The Bertz CT molecular complexity index is 504. The third kappa shape index (κ3) is 7.65. The molecule has 0 aliphatic rings. The molecule has 0 fully saturated rings. The van der Waals surface area contributed by atoms with Gasteiger partial charge in [-0.15, -0.1) is 0 Å². The van der Waals surface area contributed by atoms with Gasteiger partial charge in [-0.1, -0.05) is 0 Å². The zero-order valence-corrected chi connectivity index (χ0v) is 17.0. The summed E-state index contributed by atoms with van der Waals surface area (Å²) in [5, 5.41) is 2.08. The van der Waals surface area contributed by atoms with Crippen molar-refractivity contribution in [3.63, 3.8) is 0 Å². The molecule has 0 spiro atoms. The molecule has 0 N–H and O–H groups in total. The van der Waals surface area contributed by atoms with Crippen LogP contribution in [0.1, 0.15) is 0 Å². The average Bonchev–Trinajstić information content (AvgIpc) is 2.26. The molecular formula is C12H6Cl6O2Zr. The molecule has 0 amide bonds. The van der Waals surface area contributed by atoms with Crippen molar-refractivity contribution in [3.05, 3.63) is 56.5 Å². The van der Waals surface area contributed by atoms with E-state index in [-0.39, 0.29) is 24.8 Å². The van der Waals surface area contributed by atoms with Gasteiger partial charge in [0.25, 0.3) is 0 Å². The van der Waals surface area contributed by atoms with Gasteiger partial charge in [0, 0.05) is 0 Å². The standard InChI is InChI=1S/2C6H4Cl2O.2ClH.Zr/c2*7-4-1-5(8)3-6(9)2-4;;;/h2*1-3,9H;2*1H;/q;;;;+4/p-4. The minimum absolute atomic E-state index is 0. The molecule has 2 nitrogen and oxygen atoms in total. The van der Waals surface area contributed by atoms with Crippen molar-refractivity contribution < 1.29 is 54.6 Å². The first-order chi connectivity index (χ1) is 9.02. The van der Waals surface area contributed by atoms with Crippen LogP contribution in [0.15, 0.2) is 36.4 Å². The summed E-state index contributed by atoms with van der Waals surface area (Å²) in [4.78, 5) is 0. The van der Waals surface area contributed by atoms with Crippen molar-refractivity contribution in [2.75, 3.05) is 0 Å². The summed E-state index contributed by atoms with van der Waals surface area (Å²) in [7, 11) is 0.